The first kappa shape index (κ1) is 20.0. The van der Waals surface area contributed by atoms with Crippen LogP contribution in [0, 0.1) is 0 Å². The highest BCUT2D eigenvalue weighted by molar-refractivity contribution is 6.29. The molecule has 10 heteroatoms. The van der Waals surface area contributed by atoms with Crippen LogP contribution in [-0.4, -0.2) is 73.8 Å². The second kappa shape index (κ2) is 7.18. The van der Waals surface area contributed by atoms with Gasteiger partial charge in [-0.05, 0) is 12.1 Å². The summed E-state index contributed by atoms with van der Waals surface area (Å²) in [6.45, 7) is 0. The molecule has 2 aromatic carbocycles. The van der Waals surface area contributed by atoms with Crippen molar-refractivity contribution >= 4 is 17.5 Å². The number of carboxylic acid groups (broad SMARTS) is 1. The Morgan fingerprint density at radius 3 is 2.13 bits per heavy atom. The lowest BCUT2D eigenvalue weighted by molar-refractivity contribution is -0.271. The van der Waals surface area contributed by atoms with Gasteiger partial charge in [0.05, 0.1) is 5.56 Å². The highest BCUT2D eigenvalue weighted by Crippen LogP contribution is 2.40. The molecule has 0 unspecified atom stereocenters. The number of carbonyl (C=O) groups is 3. The maximum Gasteiger partial charge on any atom is 0.335 e. The van der Waals surface area contributed by atoms with Gasteiger partial charge in [-0.2, -0.15) is 0 Å². The minimum Gasteiger partial charge on any atom is -0.504 e. The number of phenols is 1. The number of aromatic hydroxyl groups is 1. The highest BCUT2D eigenvalue weighted by Gasteiger charge is 2.49. The van der Waals surface area contributed by atoms with Crippen LogP contribution in [0.4, 0.5) is 0 Å². The number of ketones is 2. The summed E-state index contributed by atoms with van der Waals surface area (Å²) in [6.07, 6.45) is -9.59. The number of ether oxygens (including phenoxy) is 2. The molecule has 0 aromatic heterocycles. The topological polar surface area (TPSA) is 171 Å². The maximum absolute atomic E-state index is 13.0. The summed E-state index contributed by atoms with van der Waals surface area (Å²) in [5.74, 6) is -3.84. The number of hydrogen-bond acceptors (Lipinski definition) is 9. The Hall–Kier alpha value is -3.31. The molecule has 0 saturated carbocycles. The number of aliphatic hydroxyl groups excluding tert-OH is 3. The van der Waals surface area contributed by atoms with Gasteiger partial charge in [0, 0.05) is 16.7 Å². The molecule has 1 saturated heterocycles. The lowest BCUT2D eigenvalue weighted by Gasteiger charge is -2.38. The molecule has 10 nitrogen and oxygen atoms in total. The van der Waals surface area contributed by atoms with Gasteiger partial charge in [-0.15, -0.1) is 0 Å². The Morgan fingerprint density at radius 2 is 1.50 bits per heavy atom. The van der Waals surface area contributed by atoms with E-state index in [2.05, 4.69) is 0 Å². The van der Waals surface area contributed by atoms with Crippen molar-refractivity contribution in [1.29, 1.82) is 0 Å². The van der Waals surface area contributed by atoms with E-state index in [0.29, 0.717) is 0 Å². The molecule has 5 N–H and O–H groups in total. The molecule has 1 fully saturated rings. The van der Waals surface area contributed by atoms with Gasteiger partial charge in [0.25, 0.3) is 0 Å². The molecular weight excluding hydrogens is 400 g/mol. The van der Waals surface area contributed by atoms with Crippen molar-refractivity contribution in [2.24, 2.45) is 0 Å². The summed E-state index contributed by atoms with van der Waals surface area (Å²) in [7, 11) is 0. The first-order valence-corrected chi connectivity index (χ1v) is 8.86. The number of carboxylic acids is 1. The Morgan fingerprint density at radius 1 is 0.867 bits per heavy atom. The van der Waals surface area contributed by atoms with Gasteiger partial charge in [-0.3, -0.25) is 9.59 Å². The lowest BCUT2D eigenvalue weighted by atomic mass is 9.83. The molecule has 2 aliphatic rings. The molecule has 1 heterocycles. The monoisotopic (exact) mass is 416 g/mol. The number of benzene rings is 2. The van der Waals surface area contributed by atoms with Crippen molar-refractivity contribution in [2.75, 3.05) is 0 Å². The summed E-state index contributed by atoms with van der Waals surface area (Å²) >= 11 is 0. The van der Waals surface area contributed by atoms with E-state index in [0.717, 1.165) is 6.07 Å². The third-order valence-electron chi connectivity index (χ3n) is 5.07. The maximum atomic E-state index is 13.0. The second-order valence-corrected chi connectivity index (χ2v) is 6.89. The number of hydrogen-bond donors (Lipinski definition) is 5. The molecule has 0 amide bonds. The van der Waals surface area contributed by atoms with Crippen molar-refractivity contribution in [1.82, 2.24) is 0 Å². The Balaban J connectivity index is 1.77. The fraction of sp³-hybridized carbons (Fsp3) is 0.250. The largest absolute Gasteiger partial charge is 0.504 e. The SMILES string of the molecule is O=C1c2ccccc2C(=O)c2c1ccc(O)c2O[C@@H]1O[C@H](C(=O)O)[C@@H](O)[C@H](O)[C@H]1O. The van der Waals surface area contributed by atoms with Gasteiger partial charge >= 0.3 is 5.97 Å². The van der Waals surface area contributed by atoms with Crippen LogP contribution in [0.25, 0.3) is 0 Å². The number of aliphatic carboxylic acids is 1. The molecule has 0 spiro atoms. The number of phenolic OH excluding ortho intramolecular Hbond substituents is 1. The number of fused-ring (bicyclic) bond motifs is 2. The van der Waals surface area contributed by atoms with E-state index >= 15 is 0 Å². The van der Waals surface area contributed by atoms with E-state index < -0.39 is 59.7 Å². The first-order valence-electron chi connectivity index (χ1n) is 8.86. The molecule has 1 aliphatic carbocycles. The Kier molecular flexibility index (Phi) is 4.79. The van der Waals surface area contributed by atoms with Gasteiger partial charge in [0.1, 0.15) is 18.3 Å². The molecule has 30 heavy (non-hydrogen) atoms. The molecular formula is C20H16O10. The fourth-order valence-corrected chi connectivity index (χ4v) is 3.53. The van der Waals surface area contributed by atoms with E-state index in [1.54, 1.807) is 12.1 Å². The zero-order valence-electron chi connectivity index (χ0n) is 15.1. The van der Waals surface area contributed by atoms with Crippen LogP contribution >= 0.6 is 0 Å². The Bertz CT molecular complexity index is 1060. The lowest BCUT2D eigenvalue weighted by Crippen LogP contribution is -2.61. The van der Waals surface area contributed by atoms with Gasteiger partial charge in [0.15, 0.2) is 29.2 Å². The van der Waals surface area contributed by atoms with Crippen LogP contribution < -0.4 is 4.74 Å². The summed E-state index contributed by atoms with van der Waals surface area (Å²) in [4.78, 5) is 37.1. The predicted octanol–water partition coefficient (Wildman–Crippen LogP) is -0.561. The van der Waals surface area contributed by atoms with Gasteiger partial charge in [0.2, 0.25) is 6.29 Å². The van der Waals surface area contributed by atoms with Crippen molar-refractivity contribution < 1.29 is 49.4 Å². The first-order chi connectivity index (χ1) is 14.2. The van der Waals surface area contributed by atoms with E-state index in [1.807, 2.05) is 0 Å². The predicted molar refractivity (Wildman–Crippen MR) is 96.4 cm³/mol. The van der Waals surface area contributed by atoms with E-state index in [4.69, 9.17) is 14.6 Å². The van der Waals surface area contributed by atoms with Crippen molar-refractivity contribution in [3.63, 3.8) is 0 Å². The van der Waals surface area contributed by atoms with Crippen LogP contribution in [0.5, 0.6) is 11.5 Å². The molecule has 156 valence electrons. The minimum absolute atomic E-state index is 0.0628. The molecule has 1 aliphatic heterocycles. The molecule has 5 atom stereocenters. The summed E-state index contributed by atoms with van der Waals surface area (Å²) in [5, 5.41) is 49.3. The fourth-order valence-electron chi connectivity index (χ4n) is 3.53. The van der Waals surface area contributed by atoms with Crippen LogP contribution in [0.1, 0.15) is 31.8 Å². The molecule has 0 bridgehead atoms. The van der Waals surface area contributed by atoms with Crippen LogP contribution in [0.15, 0.2) is 36.4 Å². The summed E-state index contributed by atoms with van der Waals surface area (Å²) < 4.78 is 10.4. The number of aliphatic hydroxyl groups is 3. The number of rotatable bonds is 3. The third kappa shape index (κ3) is 2.94. The minimum atomic E-state index is -1.94. The average Bonchev–Trinajstić information content (AvgIpc) is 2.73. The van der Waals surface area contributed by atoms with Gasteiger partial charge < -0.3 is 35.0 Å². The van der Waals surface area contributed by atoms with Crippen molar-refractivity contribution in [3.8, 4) is 11.5 Å². The number of carbonyl (C=O) groups excluding carboxylic acids is 2. The van der Waals surface area contributed by atoms with Gasteiger partial charge in [-0.25, -0.2) is 4.79 Å². The zero-order chi connectivity index (χ0) is 21.7. The van der Waals surface area contributed by atoms with Crippen molar-refractivity contribution in [2.45, 2.75) is 30.7 Å². The van der Waals surface area contributed by atoms with Crippen molar-refractivity contribution in [3.05, 3.63) is 58.7 Å². The van der Waals surface area contributed by atoms with E-state index in [9.17, 15) is 34.8 Å². The molecule has 4 rings (SSSR count). The standard InChI is InChI=1S/C20H16O10/c21-10-6-5-9-11(13(23)8-4-2-1-3-7(8)12(9)22)17(10)29-20-16(26)14(24)15(25)18(30-20)19(27)28/h1-6,14-16,18,20-21,24-26H,(H,27,28)/t14-,15-,16+,18-,20+/m0/s1. The summed E-state index contributed by atoms with van der Waals surface area (Å²) in [6, 6.07) is 8.40. The normalized spacial score (nSPS) is 27.9. The van der Waals surface area contributed by atoms with E-state index in [1.165, 1.54) is 18.2 Å². The molecule has 2 aromatic rings. The third-order valence-corrected chi connectivity index (χ3v) is 5.07. The second-order valence-electron chi connectivity index (χ2n) is 6.89. The zero-order valence-corrected chi connectivity index (χ0v) is 15.1. The average molecular weight is 416 g/mol. The Labute approximate surface area is 168 Å². The highest BCUT2D eigenvalue weighted by atomic mass is 16.7. The van der Waals surface area contributed by atoms with Crippen LogP contribution in [0.3, 0.4) is 0 Å². The van der Waals surface area contributed by atoms with Gasteiger partial charge in [-0.1, -0.05) is 24.3 Å². The van der Waals surface area contributed by atoms with Crippen LogP contribution in [0.2, 0.25) is 0 Å². The smallest absolute Gasteiger partial charge is 0.335 e. The quantitative estimate of drug-likeness (QED) is 0.373. The summed E-state index contributed by atoms with van der Waals surface area (Å²) in [5.41, 5.74) is -0.103. The van der Waals surface area contributed by atoms with Crippen LogP contribution in [-0.2, 0) is 9.53 Å². The van der Waals surface area contributed by atoms with E-state index in [-0.39, 0.29) is 22.3 Å². The molecule has 0 radical (unpaired) electrons.